The minimum absolute atomic E-state index is 0.180. The molecule has 2 rings (SSSR count). The van der Waals surface area contributed by atoms with Crippen molar-refractivity contribution >= 4 is 20.2 Å². The molecule has 2 N–H and O–H groups in total. The average molecular weight is 431 g/mol. The van der Waals surface area contributed by atoms with Gasteiger partial charge in [-0.1, -0.05) is 24.3 Å². The Morgan fingerprint density at radius 3 is 1.39 bits per heavy atom. The van der Waals surface area contributed by atoms with Gasteiger partial charge in [0.15, 0.2) is 0 Å². The maximum Gasteiger partial charge on any atom is 0.268 e. The Labute approximate surface area is 164 Å². The third-order valence-electron chi connectivity index (χ3n) is 3.91. The van der Waals surface area contributed by atoms with Crippen LogP contribution < -0.4 is 9.47 Å². The van der Waals surface area contributed by atoms with E-state index in [0.717, 1.165) is 22.3 Å². The first kappa shape index (κ1) is 22.2. The van der Waals surface area contributed by atoms with E-state index in [1.807, 2.05) is 38.1 Å². The molecule has 0 aromatic heterocycles. The van der Waals surface area contributed by atoms with Crippen LogP contribution in [0.4, 0.5) is 0 Å². The van der Waals surface area contributed by atoms with Crippen molar-refractivity contribution in [2.75, 3.05) is 24.7 Å². The predicted molar refractivity (Wildman–Crippen MR) is 105 cm³/mol. The Kier molecular flexibility index (Phi) is 7.05. The molecule has 0 fully saturated rings. The molecule has 2 aromatic rings. The van der Waals surface area contributed by atoms with Crippen LogP contribution in [0, 0.1) is 13.8 Å². The monoisotopic (exact) mass is 430 g/mol. The van der Waals surface area contributed by atoms with Crippen molar-refractivity contribution in [1.82, 2.24) is 0 Å². The summed E-state index contributed by atoms with van der Waals surface area (Å²) in [5.74, 6) is -0.0500. The molecule has 0 spiro atoms. The molecule has 0 saturated carbocycles. The van der Waals surface area contributed by atoms with Crippen molar-refractivity contribution in [3.8, 4) is 22.6 Å². The Morgan fingerprint density at radius 2 is 1.07 bits per heavy atom. The first-order chi connectivity index (χ1) is 12.9. The van der Waals surface area contributed by atoms with Gasteiger partial charge in [0.2, 0.25) is 0 Å². The lowest BCUT2D eigenvalue weighted by molar-refractivity contribution is 0.333. The van der Waals surface area contributed by atoms with E-state index in [1.165, 1.54) is 0 Å². The van der Waals surface area contributed by atoms with Crippen LogP contribution in [0.5, 0.6) is 11.5 Å². The molecular weight excluding hydrogens is 408 g/mol. The summed E-state index contributed by atoms with van der Waals surface area (Å²) in [7, 11) is -8.20. The largest absolute Gasteiger partial charge is 0.492 e. The van der Waals surface area contributed by atoms with Gasteiger partial charge in [-0.2, -0.15) is 16.8 Å². The fraction of sp³-hybridized carbons (Fsp3) is 0.333. The van der Waals surface area contributed by atoms with Crippen LogP contribution in [0.25, 0.3) is 11.1 Å². The predicted octanol–water partition coefficient (Wildman–Crippen LogP) is 2.50. The van der Waals surface area contributed by atoms with Crippen LogP contribution in [0.2, 0.25) is 0 Å². The molecule has 0 heterocycles. The molecule has 2 aromatic carbocycles. The molecule has 0 radical (unpaired) electrons. The van der Waals surface area contributed by atoms with Gasteiger partial charge in [0.25, 0.3) is 20.2 Å². The highest BCUT2D eigenvalue weighted by molar-refractivity contribution is 7.86. The lowest BCUT2D eigenvalue weighted by atomic mass is 10.0. The van der Waals surface area contributed by atoms with E-state index in [2.05, 4.69) is 0 Å². The molecular formula is C18H22O8S2. The number of ether oxygens (including phenoxy) is 2. The molecule has 0 aliphatic carbocycles. The highest BCUT2D eigenvalue weighted by Gasteiger charge is 2.10. The van der Waals surface area contributed by atoms with E-state index >= 15 is 0 Å². The summed E-state index contributed by atoms with van der Waals surface area (Å²) in [6.07, 6.45) is 0. The second-order valence-corrected chi connectivity index (χ2v) is 9.37. The molecule has 0 saturated heterocycles. The molecule has 0 aliphatic heterocycles. The summed E-state index contributed by atoms with van der Waals surface area (Å²) in [6, 6.07) is 10.8. The highest BCUT2D eigenvalue weighted by atomic mass is 32.2. The maximum absolute atomic E-state index is 10.8. The summed E-state index contributed by atoms with van der Waals surface area (Å²) >= 11 is 0. The molecule has 0 unspecified atom stereocenters. The molecule has 0 bridgehead atoms. The molecule has 10 heteroatoms. The third kappa shape index (κ3) is 7.12. The molecule has 0 amide bonds. The highest BCUT2D eigenvalue weighted by Crippen LogP contribution is 2.31. The van der Waals surface area contributed by atoms with Crippen molar-refractivity contribution in [1.29, 1.82) is 0 Å². The molecule has 8 nitrogen and oxygen atoms in total. The smallest absolute Gasteiger partial charge is 0.268 e. The molecule has 0 atom stereocenters. The van der Waals surface area contributed by atoms with E-state index in [0.29, 0.717) is 11.5 Å². The standard InChI is InChI=1S/C18H22O8S2/c1-13-3-5-15(11-17(13)25-7-9-27(19,20)21)16-6-4-14(2)18(12-16)26-8-10-28(22,23)24/h3-6,11-12H,7-10H2,1-2H3,(H,19,20,21)(H,22,23,24). The summed E-state index contributed by atoms with van der Waals surface area (Å²) < 4.78 is 71.8. The second kappa shape index (κ2) is 8.91. The van der Waals surface area contributed by atoms with Gasteiger partial charge in [0.05, 0.1) is 0 Å². The summed E-state index contributed by atoms with van der Waals surface area (Å²) in [6.45, 7) is 3.26. The Bertz CT molecular complexity index is 958. The fourth-order valence-corrected chi connectivity index (χ4v) is 2.97. The fourth-order valence-electron chi connectivity index (χ4n) is 2.38. The first-order valence-corrected chi connectivity index (χ1v) is 11.5. The van der Waals surface area contributed by atoms with Gasteiger partial charge in [-0.3, -0.25) is 9.11 Å². The zero-order valence-electron chi connectivity index (χ0n) is 15.5. The van der Waals surface area contributed by atoms with Gasteiger partial charge in [-0.15, -0.1) is 0 Å². The van der Waals surface area contributed by atoms with Crippen LogP contribution in [0.3, 0.4) is 0 Å². The second-order valence-electron chi connectivity index (χ2n) is 6.23. The number of benzene rings is 2. The van der Waals surface area contributed by atoms with Gasteiger partial charge in [0, 0.05) is 0 Å². The summed E-state index contributed by atoms with van der Waals surface area (Å²) in [5, 5.41) is 0. The number of hydrogen-bond acceptors (Lipinski definition) is 6. The Morgan fingerprint density at radius 1 is 0.714 bits per heavy atom. The van der Waals surface area contributed by atoms with E-state index in [-0.39, 0.29) is 13.2 Å². The SMILES string of the molecule is Cc1ccc(-c2ccc(C)c(OCCS(=O)(=O)O)c2)cc1OCCS(=O)(=O)O. The van der Waals surface area contributed by atoms with E-state index in [1.54, 1.807) is 12.1 Å². The van der Waals surface area contributed by atoms with Crippen LogP contribution >= 0.6 is 0 Å². The van der Waals surface area contributed by atoms with Gasteiger partial charge in [-0.25, -0.2) is 0 Å². The maximum atomic E-state index is 10.8. The topological polar surface area (TPSA) is 127 Å². The summed E-state index contributed by atoms with van der Waals surface area (Å²) in [5.41, 5.74) is 3.17. The quantitative estimate of drug-likeness (QED) is 0.581. The average Bonchev–Trinajstić information content (AvgIpc) is 2.56. The van der Waals surface area contributed by atoms with E-state index in [4.69, 9.17) is 18.6 Å². The van der Waals surface area contributed by atoms with E-state index in [9.17, 15) is 16.8 Å². The van der Waals surface area contributed by atoms with Gasteiger partial charge in [-0.05, 0) is 48.2 Å². The number of rotatable bonds is 9. The van der Waals surface area contributed by atoms with Gasteiger partial charge >= 0.3 is 0 Å². The zero-order chi connectivity index (χ0) is 20.9. The van der Waals surface area contributed by atoms with Gasteiger partial charge in [0.1, 0.15) is 36.2 Å². The first-order valence-electron chi connectivity index (χ1n) is 8.32. The lowest BCUT2D eigenvalue weighted by Crippen LogP contribution is -2.13. The molecule has 0 aliphatic rings. The van der Waals surface area contributed by atoms with Crippen LogP contribution in [0.1, 0.15) is 11.1 Å². The van der Waals surface area contributed by atoms with Crippen LogP contribution in [-0.2, 0) is 20.2 Å². The van der Waals surface area contributed by atoms with Crippen LogP contribution in [-0.4, -0.2) is 50.7 Å². The molecule has 28 heavy (non-hydrogen) atoms. The van der Waals surface area contributed by atoms with Crippen molar-refractivity contribution < 1.29 is 35.4 Å². The minimum Gasteiger partial charge on any atom is -0.492 e. The van der Waals surface area contributed by atoms with Crippen molar-refractivity contribution in [3.63, 3.8) is 0 Å². The Hall–Kier alpha value is -2.14. The van der Waals surface area contributed by atoms with Crippen molar-refractivity contribution in [2.24, 2.45) is 0 Å². The van der Waals surface area contributed by atoms with Gasteiger partial charge < -0.3 is 9.47 Å². The lowest BCUT2D eigenvalue weighted by Gasteiger charge is -2.13. The summed E-state index contributed by atoms with van der Waals surface area (Å²) in [4.78, 5) is 0. The molecule has 154 valence electrons. The van der Waals surface area contributed by atoms with E-state index < -0.39 is 31.7 Å². The normalized spacial score (nSPS) is 12.0. The number of hydrogen-bond donors (Lipinski definition) is 2. The van der Waals surface area contributed by atoms with Crippen molar-refractivity contribution in [3.05, 3.63) is 47.5 Å². The van der Waals surface area contributed by atoms with Crippen LogP contribution in [0.15, 0.2) is 36.4 Å². The third-order valence-corrected chi connectivity index (χ3v) is 5.27. The number of aryl methyl sites for hydroxylation is 2. The Balaban J connectivity index is 2.20. The zero-order valence-corrected chi connectivity index (χ0v) is 17.1. The van der Waals surface area contributed by atoms with Crippen molar-refractivity contribution in [2.45, 2.75) is 13.8 Å². The minimum atomic E-state index is -4.10.